The molecule has 82 valence electrons. The van der Waals surface area contributed by atoms with Crippen molar-refractivity contribution in [3.8, 4) is 0 Å². The summed E-state index contributed by atoms with van der Waals surface area (Å²) >= 11 is 3.52. The highest BCUT2D eigenvalue weighted by molar-refractivity contribution is 8.01. The molecular weight excluding hydrogens is 224 g/mol. The number of benzene rings is 1. The zero-order chi connectivity index (χ0) is 11.3. The summed E-state index contributed by atoms with van der Waals surface area (Å²) in [6, 6.07) is 6.33. The van der Waals surface area contributed by atoms with Crippen molar-refractivity contribution in [2.24, 2.45) is 0 Å². The summed E-state index contributed by atoms with van der Waals surface area (Å²) < 4.78 is 0. The Kier molecular flexibility index (Phi) is 5.26. The van der Waals surface area contributed by atoms with Gasteiger partial charge in [-0.25, -0.2) is 0 Å². The number of rotatable bonds is 5. The molecule has 0 amide bonds. The summed E-state index contributed by atoms with van der Waals surface area (Å²) in [5.74, 6) is 0.317. The van der Waals surface area contributed by atoms with Gasteiger partial charge in [0, 0.05) is 16.2 Å². The molecule has 0 aliphatic heterocycles. The lowest BCUT2D eigenvalue weighted by Crippen LogP contribution is -1.97. The molecular formula is C12H16OS2. The lowest BCUT2D eigenvalue weighted by atomic mass is 9.98. The lowest BCUT2D eigenvalue weighted by Gasteiger charge is -2.15. The van der Waals surface area contributed by atoms with Crippen LogP contribution in [0.5, 0.6) is 0 Å². The predicted octanol–water partition coefficient (Wildman–Crippen LogP) is 3.82. The van der Waals surface area contributed by atoms with Crippen LogP contribution < -0.4 is 0 Å². The number of thioether (sulfide) groups is 2. The Morgan fingerprint density at radius 1 is 1.33 bits per heavy atom. The Labute approximate surface area is 100 Å². The van der Waals surface area contributed by atoms with E-state index in [1.165, 1.54) is 15.4 Å². The topological polar surface area (TPSA) is 17.1 Å². The van der Waals surface area contributed by atoms with Crippen LogP contribution in [0.3, 0.4) is 0 Å². The maximum Gasteiger partial charge on any atom is 0.120 e. The van der Waals surface area contributed by atoms with Gasteiger partial charge in [-0.05, 0) is 30.1 Å². The predicted molar refractivity (Wildman–Crippen MR) is 69.1 cm³/mol. The third kappa shape index (κ3) is 3.02. The molecule has 1 aromatic carbocycles. The Hall–Kier alpha value is -0.410. The number of hydrogen-bond acceptors (Lipinski definition) is 3. The maximum atomic E-state index is 10.5. The zero-order valence-electron chi connectivity index (χ0n) is 9.32. The van der Waals surface area contributed by atoms with Crippen LogP contribution in [-0.4, -0.2) is 18.8 Å². The van der Waals surface area contributed by atoms with E-state index in [4.69, 9.17) is 0 Å². The van der Waals surface area contributed by atoms with Crippen LogP contribution in [0.15, 0.2) is 28.0 Å². The highest BCUT2D eigenvalue weighted by Crippen LogP contribution is 2.35. The van der Waals surface area contributed by atoms with E-state index in [1.54, 1.807) is 23.5 Å². The van der Waals surface area contributed by atoms with Gasteiger partial charge in [0.25, 0.3) is 0 Å². The van der Waals surface area contributed by atoms with E-state index >= 15 is 0 Å². The molecule has 1 atom stereocenters. The van der Waals surface area contributed by atoms with Gasteiger partial charge in [0.05, 0.1) is 0 Å². The van der Waals surface area contributed by atoms with Gasteiger partial charge in [0.1, 0.15) is 6.29 Å². The fraction of sp³-hybridized carbons (Fsp3) is 0.417. The quantitative estimate of drug-likeness (QED) is 0.575. The fourth-order valence-electron chi connectivity index (χ4n) is 1.57. The normalized spacial score (nSPS) is 12.5. The van der Waals surface area contributed by atoms with Gasteiger partial charge in [-0.15, -0.1) is 23.5 Å². The Morgan fingerprint density at radius 2 is 2.07 bits per heavy atom. The molecule has 0 fully saturated rings. The highest BCUT2D eigenvalue weighted by atomic mass is 32.2. The first-order chi connectivity index (χ1) is 7.24. The van der Waals surface area contributed by atoms with Crippen molar-refractivity contribution in [1.82, 2.24) is 0 Å². The maximum absolute atomic E-state index is 10.5. The van der Waals surface area contributed by atoms with Crippen LogP contribution in [0.25, 0.3) is 0 Å². The summed E-state index contributed by atoms with van der Waals surface area (Å²) in [5.41, 5.74) is 1.29. The van der Waals surface area contributed by atoms with Gasteiger partial charge in [-0.1, -0.05) is 19.1 Å². The van der Waals surface area contributed by atoms with Crippen molar-refractivity contribution in [3.63, 3.8) is 0 Å². The molecule has 3 heteroatoms. The van der Waals surface area contributed by atoms with E-state index in [2.05, 4.69) is 37.6 Å². The van der Waals surface area contributed by atoms with E-state index in [0.29, 0.717) is 12.3 Å². The first-order valence-corrected chi connectivity index (χ1v) is 7.34. The Bertz CT molecular complexity index is 336. The summed E-state index contributed by atoms with van der Waals surface area (Å²) in [6.45, 7) is 2.10. The minimum Gasteiger partial charge on any atom is -0.303 e. The smallest absolute Gasteiger partial charge is 0.120 e. The second kappa shape index (κ2) is 6.23. The molecule has 0 radical (unpaired) electrons. The molecule has 0 saturated heterocycles. The summed E-state index contributed by atoms with van der Waals surface area (Å²) in [5, 5.41) is 0. The summed E-state index contributed by atoms with van der Waals surface area (Å²) in [7, 11) is 0. The van der Waals surface area contributed by atoms with E-state index in [1.807, 2.05) is 0 Å². The monoisotopic (exact) mass is 240 g/mol. The summed E-state index contributed by atoms with van der Waals surface area (Å²) in [6.07, 6.45) is 5.78. The van der Waals surface area contributed by atoms with Gasteiger partial charge >= 0.3 is 0 Å². The molecule has 0 saturated carbocycles. The lowest BCUT2D eigenvalue weighted by molar-refractivity contribution is -0.108. The molecule has 1 unspecified atom stereocenters. The second-order valence-electron chi connectivity index (χ2n) is 3.39. The average Bonchev–Trinajstić information content (AvgIpc) is 2.28. The van der Waals surface area contributed by atoms with Crippen LogP contribution in [0.2, 0.25) is 0 Å². The van der Waals surface area contributed by atoms with Crippen LogP contribution in [0.1, 0.15) is 24.8 Å². The van der Waals surface area contributed by atoms with Gasteiger partial charge < -0.3 is 4.79 Å². The first-order valence-electron chi connectivity index (χ1n) is 4.89. The molecule has 0 aliphatic rings. The summed E-state index contributed by atoms with van der Waals surface area (Å²) in [4.78, 5) is 13.2. The van der Waals surface area contributed by atoms with Crippen molar-refractivity contribution in [3.05, 3.63) is 23.8 Å². The molecule has 0 aromatic heterocycles. The molecule has 1 nitrogen and oxygen atoms in total. The van der Waals surface area contributed by atoms with Gasteiger partial charge in [-0.3, -0.25) is 0 Å². The van der Waals surface area contributed by atoms with Gasteiger partial charge in [0.15, 0.2) is 0 Å². The van der Waals surface area contributed by atoms with E-state index in [-0.39, 0.29) is 0 Å². The average molecular weight is 240 g/mol. The molecule has 0 aliphatic carbocycles. The van der Waals surface area contributed by atoms with Crippen molar-refractivity contribution in [2.45, 2.75) is 29.1 Å². The van der Waals surface area contributed by atoms with Crippen molar-refractivity contribution in [1.29, 1.82) is 0 Å². The Balaban J connectivity index is 3.10. The van der Waals surface area contributed by atoms with Crippen molar-refractivity contribution in [2.75, 3.05) is 12.5 Å². The van der Waals surface area contributed by atoms with Crippen molar-refractivity contribution < 1.29 is 4.79 Å². The van der Waals surface area contributed by atoms with Crippen LogP contribution >= 0.6 is 23.5 Å². The van der Waals surface area contributed by atoms with Crippen LogP contribution in [-0.2, 0) is 4.79 Å². The zero-order valence-corrected chi connectivity index (χ0v) is 11.0. The fourth-order valence-corrected chi connectivity index (χ4v) is 3.36. The number of carbonyl (C=O) groups excluding carboxylic acids is 1. The Morgan fingerprint density at radius 3 is 2.60 bits per heavy atom. The molecule has 0 N–H and O–H groups in total. The number of aldehydes is 1. The van der Waals surface area contributed by atoms with Gasteiger partial charge in [0.2, 0.25) is 0 Å². The largest absolute Gasteiger partial charge is 0.303 e. The van der Waals surface area contributed by atoms with Crippen molar-refractivity contribution >= 4 is 29.8 Å². The van der Waals surface area contributed by atoms with E-state index in [0.717, 1.165) is 6.29 Å². The van der Waals surface area contributed by atoms with E-state index < -0.39 is 0 Å². The van der Waals surface area contributed by atoms with Crippen LogP contribution in [0.4, 0.5) is 0 Å². The number of carbonyl (C=O) groups is 1. The number of hydrogen-bond donors (Lipinski definition) is 0. The first kappa shape index (κ1) is 12.7. The minimum absolute atomic E-state index is 0.317. The third-order valence-electron chi connectivity index (χ3n) is 2.41. The molecule has 15 heavy (non-hydrogen) atoms. The van der Waals surface area contributed by atoms with Gasteiger partial charge in [-0.2, -0.15) is 0 Å². The minimum atomic E-state index is 0.317. The standard InChI is InChI=1S/C12H16OS2/c1-9(7-8-13)10-5-4-6-11(14-2)12(10)15-3/h4-6,8-9H,7H2,1-3H3. The van der Waals surface area contributed by atoms with E-state index in [9.17, 15) is 4.79 Å². The highest BCUT2D eigenvalue weighted by Gasteiger charge is 2.12. The molecule has 1 rings (SSSR count). The third-order valence-corrected chi connectivity index (χ3v) is 4.19. The molecule has 1 aromatic rings. The second-order valence-corrected chi connectivity index (χ2v) is 5.05. The van der Waals surface area contributed by atoms with Crippen LogP contribution in [0, 0.1) is 0 Å². The SMILES string of the molecule is CSc1cccc(C(C)CC=O)c1SC. The molecule has 0 heterocycles. The molecule has 0 bridgehead atoms. The molecule has 0 spiro atoms.